The molecule has 1 aromatic heterocycles. The number of ether oxygens (including phenoxy) is 1. The third-order valence-electron chi connectivity index (χ3n) is 2.87. The highest BCUT2D eigenvalue weighted by molar-refractivity contribution is 14.1. The van der Waals surface area contributed by atoms with E-state index in [-0.39, 0.29) is 12.2 Å². The Bertz CT molecular complexity index is 631. The fourth-order valence-corrected chi connectivity index (χ4v) is 2.83. The second-order valence-corrected chi connectivity index (χ2v) is 5.47. The number of hydrogen-bond donors (Lipinski definition) is 3. The van der Waals surface area contributed by atoms with E-state index in [2.05, 4.69) is 10.9 Å². The zero-order valence-electron chi connectivity index (χ0n) is 9.62. The van der Waals surface area contributed by atoms with Crippen molar-refractivity contribution in [2.45, 2.75) is 22.4 Å². The van der Waals surface area contributed by atoms with Crippen LogP contribution >= 0.6 is 22.6 Å². The minimum absolute atomic E-state index is 0.00580. The normalized spacial score (nSPS) is 30.2. The van der Waals surface area contributed by atoms with Crippen molar-refractivity contribution < 1.29 is 14.9 Å². The Kier molecular flexibility index (Phi) is 4.10. The zero-order valence-corrected chi connectivity index (χ0v) is 11.8. The maximum atomic E-state index is 11.8. The van der Waals surface area contributed by atoms with E-state index in [0.717, 1.165) is 4.57 Å². The van der Waals surface area contributed by atoms with Crippen LogP contribution in [0.25, 0.3) is 0 Å². The van der Waals surface area contributed by atoms with Gasteiger partial charge < -0.3 is 14.9 Å². The summed E-state index contributed by atoms with van der Waals surface area (Å²) in [7, 11) is 0. The number of hydrogen-bond acceptors (Lipinski definition) is 5. The van der Waals surface area contributed by atoms with Crippen molar-refractivity contribution in [2.75, 3.05) is 6.61 Å². The largest absolute Gasteiger partial charge is 0.394 e. The molecule has 0 bridgehead atoms. The van der Waals surface area contributed by atoms with Crippen LogP contribution in [0.4, 0.5) is 0 Å². The first-order chi connectivity index (χ1) is 8.99. The second kappa shape index (κ2) is 5.46. The van der Waals surface area contributed by atoms with Crippen molar-refractivity contribution in [3.05, 3.63) is 32.6 Å². The molecule has 2 rings (SSSR count). The number of rotatable bonds is 2. The van der Waals surface area contributed by atoms with Gasteiger partial charge >= 0.3 is 5.69 Å². The second-order valence-electron chi connectivity index (χ2n) is 4.04. The molecule has 0 amide bonds. The van der Waals surface area contributed by atoms with E-state index in [1.807, 2.05) is 22.6 Å². The van der Waals surface area contributed by atoms with Gasteiger partial charge in [0.1, 0.15) is 11.7 Å². The van der Waals surface area contributed by atoms with E-state index < -0.39 is 33.6 Å². The summed E-state index contributed by atoms with van der Waals surface area (Å²) in [4.78, 5) is 25.2. The first-order valence-corrected chi connectivity index (χ1v) is 6.64. The van der Waals surface area contributed by atoms with Gasteiger partial charge in [-0.2, -0.15) is 0 Å². The third kappa shape index (κ3) is 2.46. The summed E-state index contributed by atoms with van der Waals surface area (Å²) in [5.41, 5.74) is -1.33. The van der Waals surface area contributed by atoms with Gasteiger partial charge in [-0.05, 0) is 0 Å². The van der Waals surface area contributed by atoms with Gasteiger partial charge in [0.05, 0.1) is 16.6 Å². The molecule has 3 N–H and O–H groups in total. The molecule has 4 atom stereocenters. The average Bonchev–Trinajstić information content (AvgIpc) is 2.67. The number of halogens is 1. The molecule has 0 saturated carbocycles. The molecule has 19 heavy (non-hydrogen) atoms. The molecule has 1 aliphatic heterocycles. The lowest BCUT2D eigenvalue weighted by Gasteiger charge is -2.17. The molecule has 1 fully saturated rings. The van der Waals surface area contributed by atoms with Gasteiger partial charge in [0.15, 0.2) is 6.23 Å². The predicted molar refractivity (Wildman–Crippen MR) is 74.1 cm³/mol. The number of nitrogens with zero attached hydrogens (tertiary/aromatic N) is 1. The lowest BCUT2D eigenvalue weighted by atomic mass is 10.2. The van der Waals surface area contributed by atoms with Crippen LogP contribution in [0, 0.1) is 12.3 Å². The molecule has 0 spiro atoms. The molecular formula is C11H11IN2O5. The monoisotopic (exact) mass is 378 g/mol. The first-order valence-electron chi connectivity index (χ1n) is 5.40. The van der Waals surface area contributed by atoms with E-state index in [4.69, 9.17) is 16.3 Å². The Labute approximate surface area is 121 Å². The number of aliphatic hydroxyl groups is 2. The molecule has 0 aromatic carbocycles. The smallest absolute Gasteiger partial charge is 0.330 e. The SMILES string of the molecule is C#Cc1cn([C@@H]2O[C@H](CO)[C@@H](O)C2I)c(=O)[nH]c1=O. The average molecular weight is 378 g/mol. The highest BCUT2D eigenvalue weighted by Crippen LogP contribution is 2.33. The van der Waals surface area contributed by atoms with Crippen molar-refractivity contribution in [1.29, 1.82) is 0 Å². The molecule has 102 valence electrons. The fraction of sp³-hybridized carbons (Fsp3) is 0.455. The predicted octanol–water partition coefficient (Wildman–Crippen LogP) is -1.43. The lowest BCUT2D eigenvalue weighted by molar-refractivity contribution is -0.0456. The molecular weight excluding hydrogens is 367 g/mol. The minimum atomic E-state index is -0.913. The molecule has 1 unspecified atom stereocenters. The van der Waals surface area contributed by atoms with Crippen LogP contribution in [0.2, 0.25) is 0 Å². The Morgan fingerprint density at radius 2 is 2.26 bits per heavy atom. The van der Waals surface area contributed by atoms with Gasteiger partial charge in [-0.25, -0.2) is 4.79 Å². The van der Waals surface area contributed by atoms with Crippen LogP contribution in [-0.2, 0) is 4.74 Å². The number of nitrogens with one attached hydrogen (secondary N) is 1. The molecule has 8 heteroatoms. The number of terminal acetylenes is 1. The van der Waals surface area contributed by atoms with E-state index >= 15 is 0 Å². The number of aromatic amines is 1. The molecule has 0 aliphatic carbocycles. The summed E-state index contributed by atoms with van der Waals surface area (Å²) in [6.07, 6.45) is 3.89. The van der Waals surface area contributed by atoms with Gasteiger partial charge in [-0.15, -0.1) is 6.42 Å². The van der Waals surface area contributed by atoms with Crippen LogP contribution in [0.5, 0.6) is 0 Å². The van der Waals surface area contributed by atoms with Crippen LogP contribution < -0.4 is 11.2 Å². The standard InChI is InChI=1S/C11H11IN2O5/c1-2-5-3-14(11(18)13-9(5)17)10-7(12)8(16)6(4-15)19-10/h1,3,6-8,10,15-16H,4H2,(H,13,17,18)/t6-,7?,8-,10-/m1/s1. The highest BCUT2D eigenvalue weighted by atomic mass is 127. The number of H-pyrrole nitrogens is 1. The zero-order chi connectivity index (χ0) is 14.2. The summed E-state index contributed by atoms with van der Waals surface area (Å²) in [5, 5.41) is 18.9. The summed E-state index contributed by atoms with van der Waals surface area (Å²) in [6, 6.07) is 0. The number of aromatic nitrogens is 2. The van der Waals surface area contributed by atoms with Crippen molar-refractivity contribution in [3.8, 4) is 12.3 Å². The van der Waals surface area contributed by atoms with Crippen LogP contribution in [0.15, 0.2) is 15.8 Å². The van der Waals surface area contributed by atoms with Gasteiger partial charge in [0.2, 0.25) is 0 Å². The van der Waals surface area contributed by atoms with Gasteiger partial charge in [0.25, 0.3) is 5.56 Å². The maximum Gasteiger partial charge on any atom is 0.330 e. The Hall–Kier alpha value is -1.15. The quantitative estimate of drug-likeness (QED) is 0.333. The van der Waals surface area contributed by atoms with Crippen LogP contribution in [0.1, 0.15) is 11.8 Å². The van der Waals surface area contributed by atoms with Gasteiger partial charge in [0, 0.05) is 6.20 Å². The van der Waals surface area contributed by atoms with E-state index in [0.29, 0.717) is 0 Å². The summed E-state index contributed by atoms with van der Waals surface area (Å²) >= 11 is 1.92. The van der Waals surface area contributed by atoms with Gasteiger partial charge in [-0.3, -0.25) is 14.3 Å². The Morgan fingerprint density at radius 3 is 2.79 bits per heavy atom. The van der Waals surface area contributed by atoms with Crippen molar-refractivity contribution in [2.24, 2.45) is 0 Å². The topological polar surface area (TPSA) is 105 Å². The van der Waals surface area contributed by atoms with Crippen molar-refractivity contribution in [1.82, 2.24) is 9.55 Å². The van der Waals surface area contributed by atoms with Crippen LogP contribution in [0.3, 0.4) is 0 Å². The third-order valence-corrected chi connectivity index (χ3v) is 4.22. The van der Waals surface area contributed by atoms with Crippen molar-refractivity contribution >= 4 is 22.6 Å². The molecule has 7 nitrogen and oxygen atoms in total. The van der Waals surface area contributed by atoms with Crippen molar-refractivity contribution in [3.63, 3.8) is 0 Å². The molecule has 1 aromatic rings. The molecule has 1 saturated heterocycles. The number of alkyl halides is 1. The maximum absolute atomic E-state index is 11.8. The summed E-state index contributed by atoms with van der Waals surface area (Å²) < 4.78 is 6.07. The molecule has 2 heterocycles. The molecule has 0 radical (unpaired) electrons. The lowest BCUT2D eigenvalue weighted by Crippen LogP contribution is -2.36. The Balaban J connectivity index is 2.46. The highest BCUT2D eigenvalue weighted by Gasteiger charge is 2.43. The Morgan fingerprint density at radius 1 is 1.58 bits per heavy atom. The fourth-order valence-electron chi connectivity index (χ4n) is 1.86. The minimum Gasteiger partial charge on any atom is -0.394 e. The number of aliphatic hydroxyl groups excluding tert-OH is 2. The van der Waals surface area contributed by atoms with E-state index in [1.165, 1.54) is 6.20 Å². The van der Waals surface area contributed by atoms with E-state index in [9.17, 15) is 14.7 Å². The summed E-state index contributed by atoms with van der Waals surface area (Å²) in [5.74, 6) is 2.16. The first kappa shape index (κ1) is 14.3. The van der Waals surface area contributed by atoms with Crippen LogP contribution in [-0.4, -0.2) is 42.5 Å². The van der Waals surface area contributed by atoms with Gasteiger partial charge in [-0.1, -0.05) is 28.5 Å². The molecule has 1 aliphatic rings. The summed E-state index contributed by atoms with van der Waals surface area (Å²) in [6.45, 7) is -0.364. The van der Waals surface area contributed by atoms with E-state index in [1.54, 1.807) is 0 Å².